The molecule has 0 unspecified atom stereocenters. The lowest BCUT2D eigenvalue weighted by atomic mass is 9.95. The zero-order valence-electron chi connectivity index (χ0n) is 16.8. The van der Waals surface area contributed by atoms with E-state index in [9.17, 15) is 4.79 Å². The van der Waals surface area contributed by atoms with E-state index in [-0.39, 0.29) is 12.5 Å². The fourth-order valence-corrected chi connectivity index (χ4v) is 3.50. The molecule has 0 bridgehead atoms. The van der Waals surface area contributed by atoms with Crippen LogP contribution in [0.15, 0.2) is 85.4 Å². The van der Waals surface area contributed by atoms with Crippen LogP contribution < -0.4 is 0 Å². The Balaban J connectivity index is 1.39. The highest BCUT2D eigenvalue weighted by Crippen LogP contribution is 2.28. The highest BCUT2D eigenvalue weighted by molar-refractivity contribution is 5.76. The minimum absolute atomic E-state index is 0.209. The lowest BCUT2D eigenvalue weighted by Gasteiger charge is -2.32. The number of fused-ring (bicyclic) bond motifs is 1. The Kier molecular flexibility index (Phi) is 5.96. The van der Waals surface area contributed by atoms with Gasteiger partial charge < -0.3 is 9.64 Å². The monoisotopic (exact) mass is 393 g/mol. The summed E-state index contributed by atoms with van der Waals surface area (Å²) in [5.74, 6) is 6.19. The standard InChI is InChI=1S/C27H23NO2/c1-21-26-15-14-23(13-12-22-8-4-2-5-9-22)18-25(26)16-17-28(21)19-27(29)30-20-24-10-6-3-7-11-24/h2-11,14-15,18H,1,16-17,19-20H2. The molecule has 3 nitrogen and oxygen atoms in total. The van der Waals surface area contributed by atoms with Crippen molar-refractivity contribution in [2.45, 2.75) is 13.0 Å². The Morgan fingerprint density at radius 1 is 0.933 bits per heavy atom. The quantitative estimate of drug-likeness (QED) is 0.477. The largest absolute Gasteiger partial charge is 0.459 e. The zero-order chi connectivity index (χ0) is 20.8. The Labute approximate surface area is 177 Å². The molecule has 0 amide bonds. The molecule has 1 aliphatic rings. The molecule has 3 aromatic carbocycles. The minimum Gasteiger partial charge on any atom is -0.459 e. The van der Waals surface area contributed by atoms with Crippen LogP contribution in [0.3, 0.4) is 0 Å². The number of nitrogens with zero attached hydrogens (tertiary/aromatic N) is 1. The number of ether oxygens (including phenoxy) is 1. The van der Waals surface area contributed by atoms with E-state index in [2.05, 4.69) is 24.5 Å². The van der Waals surface area contributed by atoms with Crippen LogP contribution in [-0.4, -0.2) is 24.0 Å². The summed E-state index contributed by atoms with van der Waals surface area (Å²) in [5.41, 5.74) is 6.12. The van der Waals surface area contributed by atoms with Gasteiger partial charge in [0.1, 0.15) is 13.2 Å². The van der Waals surface area contributed by atoms with Crippen LogP contribution in [0.2, 0.25) is 0 Å². The van der Waals surface area contributed by atoms with Crippen LogP contribution in [0.5, 0.6) is 0 Å². The summed E-state index contributed by atoms with van der Waals surface area (Å²) in [6, 6.07) is 25.9. The van der Waals surface area contributed by atoms with Crippen LogP contribution in [0, 0.1) is 11.8 Å². The van der Waals surface area contributed by atoms with Gasteiger partial charge in [0.05, 0.1) is 0 Å². The Morgan fingerprint density at radius 2 is 1.63 bits per heavy atom. The van der Waals surface area contributed by atoms with Crippen LogP contribution >= 0.6 is 0 Å². The van der Waals surface area contributed by atoms with E-state index < -0.39 is 0 Å². The maximum absolute atomic E-state index is 12.3. The number of rotatable bonds is 4. The second kappa shape index (κ2) is 9.15. The topological polar surface area (TPSA) is 29.5 Å². The van der Waals surface area contributed by atoms with Crippen LogP contribution in [-0.2, 0) is 22.6 Å². The molecule has 3 heteroatoms. The lowest BCUT2D eigenvalue weighted by Crippen LogP contribution is -2.34. The van der Waals surface area contributed by atoms with Gasteiger partial charge in [-0.05, 0) is 41.8 Å². The molecular formula is C27H23NO2. The van der Waals surface area contributed by atoms with Gasteiger partial charge in [0.15, 0.2) is 0 Å². The minimum atomic E-state index is -0.242. The molecule has 1 heterocycles. The molecular weight excluding hydrogens is 370 g/mol. The van der Waals surface area contributed by atoms with E-state index in [1.54, 1.807) is 0 Å². The van der Waals surface area contributed by atoms with E-state index in [0.29, 0.717) is 6.61 Å². The van der Waals surface area contributed by atoms with Crippen LogP contribution in [0.4, 0.5) is 0 Å². The van der Waals surface area contributed by atoms with Crippen molar-refractivity contribution in [3.05, 3.63) is 113 Å². The Hall–Kier alpha value is -3.77. The van der Waals surface area contributed by atoms with E-state index in [1.807, 2.05) is 77.7 Å². The van der Waals surface area contributed by atoms with Crippen LogP contribution in [0.1, 0.15) is 27.8 Å². The summed E-state index contributed by atoms with van der Waals surface area (Å²) in [7, 11) is 0. The van der Waals surface area contributed by atoms with E-state index >= 15 is 0 Å². The first-order chi connectivity index (χ1) is 14.7. The number of benzene rings is 3. The summed E-state index contributed by atoms with van der Waals surface area (Å²) in [5, 5.41) is 0. The summed E-state index contributed by atoms with van der Waals surface area (Å²) in [6.07, 6.45) is 0.848. The second-order valence-corrected chi connectivity index (χ2v) is 7.25. The molecule has 1 aliphatic heterocycles. The van der Waals surface area contributed by atoms with Crippen molar-refractivity contribution >= 4 is 11.7 Å². The van der Waals surface area contributed by atoms with Gasteiger partial charge in [-0.15, -0.1) is 0 Å². The number of esters is 1. The van der Waals surface area contributed by atoms with Crippen LogP contribution in [0.25, 0.3) is 5.70 Å². The van der Waals surface area contributed by atoms with Crippen molar-refractivity contribution in [2.75, 3.05) is 13.1 Å². The van der Waals surface area contributed by atoms with Gasteiger partial charge in [0.2, 0.25) is 0 Å². The highest BCUT2D eigenvalue weighted by atomic mass is 16.5. The van der Waals surface area contributed by atoms with Gasteiger partial charge in [-0.3, -0.25) is 4.79 Å². The normalized spacial score (nSPS) is 12.5. The molecule has 0 saturated heterocycles. The van der Waals surface area contributed by atoms with E-state index in [0.717, 1.165) is 40.9 Å². The predicted octanol–water partition coefficient (Wildman–Crippen LogP) is 4.66. The third-order valence-corrected chi connectivity index (χ3v) is 5.14. The molecule has 0 atom stereocenters. The summed E-state index contributed by atoms with van der Waals surface area (Å²) >= 11 is 0. The molecule has 30 heavy (non-hydrogen) atoms. The number of carbonyl (C=O) groups excluding carboxylic acids is 1. The van der Waals surface area contributed by atoms with E-state index in [1.165, 1.54) is 5.56 Å². The molecule has 0 fully saturated rings. The van der Waals surface area contributed by atoms with Gasteiger partial charge in [0, 0.05) is 28.9 Å². The van der Waals surface area contributed by atoms with E-state index in [4.69, 9.17) is 4.74 Å². The molecule has 0 radical (unpaired) electrons. The molecule has 0 spiro atoms. The molecule has 0 aromatic heterocycles. The number of hydrogen-bond donors (Lipinski definition) is 0. The van der Waals surface area contributed by atoms with Crippen molar-refractivity contribution in [3.8, 4) is 11.8 Å². The molecule has 3 aromatic rings. The molecule has 4 rings (SSSR count). The zero-order valence-corrected chi connectivity index (χ0v) is 16.8. The summed E-state index contributed by atoms with van der Waals surface area (Å²) < 4.78 is 5.42. The van der Waals surface area contributed by atoms with Crippen molar-refractivity contribution in [3.63, 3.8) is 0 Å². The highest BCUT2D eigenvalue weighted by Gasteiger charge is 2.22. The van der Waals surface area contributed by atoms with Gasteiger partial charge in [-0.2, -0.15) is 0 Å². The first-order valence-electron chi connectivity index (χ1n) is 10.0. The fourth-order valence-electron chi connectivity index (χ4n) is 3.50. The summed E-state index contributed by atoms with van der Waals surface area (Å²) in [4.78, 5) is 14.3. The maximum Gasteiger partial charge on any atom is 0.325 e. The smallest absolute Gasteiger partial charge is 0.325 e. The van der Waals surface area contributed by atoms with Crippen molar-refractivity contribution in [1.29, 1.82) is 0 Å². The Bertz CT molecular complexity index is 1110. The van der Waals surface area contributed by atoms with Crippen molar-refractivity contribution < 1.29 is 9.53 Å². The third-order valence-electron chi connectivity index (χ3n) is 5.14. The Morgan fingerprint density at radius 3 is 2.40 bits per heavy atom. The fraction of sp³-hybridized carbons (Fsp3) is 0.148. The summed E-state index contributed by atoms with van der Waals surface area (Å²) in [6.45, 7) is 5.45. The molecule has 0 saturated carbocycles. The maximum atomic E-state index is 12.3. The third kappa shape index (κ3) is 4.79. The van der Waals surface area contributed by atoms with Gasteiger partial charge in [0.25, 0.3) is 0 Å². The van der Waals surface area contributed by atoms with Gasteiger partial charge >= 0.3 is 5.97 Å². The predicted molar refractivity (Wildman–Crippen MR) is 119 cm³/mol. The second-order valence-electron chi connectivity index (χ2n) is 7.25. The first kappa shape index (κ1) is 19.5. The molecule has 148 valence electrons. The number of carbonyl (C=O) groups is 1. The average Bonchev–Trinajstić information content (AvgIpc) is 2.79. The van der Waals surface area contributed by atoms with Crippen molar-refractivity contribution in [1.82, 2.24) is 4.90 Å². The van der Waals surface area contributed by atoms with Crippen molar-refractivity contribution in [2.24, 2.45) is 0 Å². The molecule has 0 N–H and O–H groups in total. The average molecular weight is 393 g/mol. The molecule has 0 aliphatic carbocycles. The first-order valence-corrected chi connectivity index (χ1v) is 10.0. The number of hydrogen-bond acceptors (Lipinski definition) is 3. The SMILES string of the molecule is C=C1c2ccc(C#Cc3ccccc3)cc2CCN1CC(=O)OCc1ccccc1. The van der Waals surface area contributed by atoms with Gasteiger partial charge in [-0.25, -0.2) is 0 Å². The lowest BCUT2D eigenvalue weighted by molar-refractivity contribution is -0.145. The van der Waals surface area contributed by atoms with Gasteiger partial charge in [-0.1, -0.05) is 73.0 Å².